The minimum atomic E-state index is -4.62. The highest BCUT2D eigenvalue weighted by molar-refractivity contribution is 6.39. The van der Waals surface area contributed by atoms with E-state index in [0.717, 1.165) is 12.1 Å². The van der Waals surface area contributed by atoms with Crippen LogP contribution in [0.1, 0.15) is 24.8 Å². The Balaban J connectivity index is 2.56. The number of halogens is 3. The second-order valence-corrected chi connectivity index (χ2v) is 4.54. The highest BCUT2D eigenvalue weighted by atomic mass is 19.4. The Morgan fingerprint density at radius 3 is 2.36 bits per heavy atom. The van der Waals surface area contributed by atoms with Crippen LogP contribution in [-0.2, 0) is 15.8 Å². The van der Waals surface area contributed by atoms with Crippen LogP contribution >= 0.6 is 0 Å². The quantitative estimate of drug-likeness (QED) is 0.554. The first-order chi connectivity index (χ1) is 10.4. The van der Waals surface area contributed by atoms with Gasteiger partial charge in [-0.15, -0.1) is 0 Å². The molecule has 0 aliphatic rings. The molecule has 8 heteroatoms. The number of nitrogens with one attached hydrogen (secondary N) is 2. The summed E-state index contributed by atoms with van der Waals surface area (Å²) in [6.07, 6.45) is -2.79. The highest BCUT2D eigenvalue weighted by Crippen LogP contribution is 2.34. The third-order valence-corrected chi connectivity index (χ3v) is 2.81. The number of aliphatic hydroxyl groups is 1. The Hall–Kier alpha value is -2.09. The second-order valence-electron chi connectivity index (χ2n) is 4.54. The van der Waals surface area contributed by atoms with E-state index in [9.17, 15) is 22.8 Å². The lowest BCUT2D eigenvalue weighted by Gasteiger charge is -2.13. The Kier molecular flexibility index (Phi) is 6.84. The van der Waals surface area contributed by atoms with Crippen LogP contribution in [0.25, 0.3) is 0 Å². The fourth-order valence-corrected chi connectivity index (χ4v) is 1.71. The van der Waals surface area contributed by atoms with E-state index >= 15 is 0 Å². The smallest absolute Gasteiger partial charge is 0.396 e. The molecule has 0 saturated carbocycles. The number of alkyl halides is 3. The molecule has 0 atom stereocenters. The zero-order chi connectivity index (χ0) is 16.6. The van der Waals surface area contributed by atoms with Crippen LogP contribution in [0, 0.1) is 0 Å². The Morgan fingerprint density at radius 1 is 1.05 bits per heavy atom. The largest absolute Gasteiger partial charge is 0.418 e. The summed E-state index contributed by atoms with van der Waals surface area (Å²) in [7, 11) is 0. The number of carbonyl (C=O) groups excluding carboxylic acids is 2. The monoisotopic (exact) mass is 318 g/mol. The van der Waals surface area contributed by atoms with Gasteiger partial charge in [-0.05, 0) is 31.4 Å². The van der Waals surface area contributed by atoms with Gasteiger partial charge in [0, 0.05) is 13.2 Å². The van der Waals surface area contributed by atoms with E-state index in [1.807, 2.05) is 5.32 Å². The molecule has 1 aromatic rings. The van der Waals surface area contributed by atoms with E-state index in [0.29, 0.717) is 19.3 Å². The fourth-order valence-electron chi connectivity index (χ4n) is 1.71. The summed E-state index contributed by atoms with van der Waals surface area (Å²) >= 11 is 0. The molecule has 0 radical (unpaired) electrons. The van der Waals surface area contributed by atoms with Gasteiger partial charge in [-0.25, -0.2) is 0 Å². The van der Waals surface area contributed by atoms with Gasteiger partial charge in [0.15, 0.2) is 0 Å². The standard InChI is InChI=1S/C14H17F3N2O3/c15-14(16,17)10-6-2-3-7-11(10)19-13(22)12(21)18-8-4-1-5-9-20/h2-3,6-7,20H,1,4-5,8-9H2,(H,18,21)(H,19,22). The third-order valence-electron chi connectivity index (χ3n) is 2.81. The SMILES string of the molecule is O=C(NCCCCCO)C(=O)Nc1ccccc1C(F)(F)F. The minimum Gasteiger partial charge on any atom is -0.396 e. The fraction of sp³-hybridized carbons (Fsp3) is 0.429. The average molecular weight is 318 g/mol. The normalized spacial score (nSPS) is 11.1. The average Bonchev–Trinajstić information content (AvgIpc) is 2.46. The number of rotatable bonds is 6. The van der Waals surface area contributed by atoms with Crippen molar-refractivity contribution in [1.29, 1.82) is 0 Å². The van der Waals surface area contributed by atoms with Crippen molar-refractivity contribution >= 4 is 17.5 Å². The molecule has 0 bridgehead atoms. The zero-order valence-electron chi connectivity index (χ0n) is 11.7. The zero-order valence-corrected chi connectivity index (χ0v) is 11.7. The van der Waals surface area contributed by atoms with Gasteiger partial charge < -0.3 is 15.7 Å². The molecule has 5 nitrogen and oxygen atoms in total. The van der Waals surface area contributed by atoms with Crippen molar-refractivity contribution in [2.24, 2.45) is 0 Å². The van der Waals surface area contributed by atoms with Gasteiger partial charge in [0.2, 0.25) is 0 Å². The van der Waals surface area contributed by atoms with E-state index in [-0.39, 0.29) is 13.2 Å². The first-order valence-electron chi connectivity index (χ1n) is 6.72. The molecule has 3 N–H and O–H groups in total. The molecule has 0 heterocycles. The summed E-state index contributed by atoms with van der Waals surface area (Å²) in [5.41, 5.74) is -1.48. The number of hydrogen-bond acceptors (Lipinski definition) is 3. The number of hydrogen-bond donors (Lipinski definition) is 3. The van der Waals surface area contributed by atoms with E-state index in [4.69, 9.17) is 5.11 Å². The van der Waals surface area contributed by atoms with E-state index in [1.54, 1.807) is 0 Å². The first kappa shape index (κ1) is 18.0. The van der Waals surface area contributed by atoms with E-state index in [2.05, 4.69) is 5.32 Å². The van der Waals surface area contributed by atoms with Crippen LogP contribution in [0.3, 0.4) is 0 Å². The molecule has 1 rings (SSSR count). The molecule has 0 saturated heterocycles. The van der Waals surface area contributed by atoms with Gasteiger partial charge >= 0.3 is 18.0 Å². The van der Waals surface area contributed by atoms with Crippen LogP contribution in [-0.4, -0.2) is 30.1 Å². The van der Waals surface area contributed by atoms with Gasteiger partial charge in [-0.2, -0.15) is 13.2 Å². The van der Waals surface area contributed by atoms with Crippen LogP contribution in [0.2, 0.25) is 0 Å². The summed E-state index contributed by atoms with van der Waals surface area (Å²) < 4.78 is 38.2. The van der Waals surface area contributed by atoms with Crippen molar-refractivity contribution in [3.63, 3.8) is 0 Å². The van der Waals surface area contributed by atoms with Crippen molar-refractivity contribution in [2.75, 3.05) is 18.5 Å². The molecular weight excluding hydrogens is 301 g/mol. The molecule has 0 unspecified atom stereocenters. The summed E-state index contributed by atoms with van der Waals surface area (Å²) in [5, 5.41) is 12.8. The number of carbonyl (C=O) groups is 2. The highest BCUT2D eigenvalue weighted by Gasteiger charge is 2.33. The number of benzene rings is 1. The number of para-hydroxylation sites is 1. The summed E-state index contributed by atoms with van der Waals surface area (Å²) in [5.74, 6) is -2.15. The van der Waals surface area contributed by atoms with Crippen molar-refractivity contribution in [3.8, 4) is 0 Å². The maximum absolute atomic E-state index is 12.7. The molecule has 22 heavy (non-hydrogen) atoms. The van der Waals surface area contributed by atoms with Crippen LogP contribution < -0.4 is 10.6 Å². The number of anilines is 1. The minimum absolute atomic E-state index is 0.0443. The molecule has 122 valence electrons. The summed E-state index contributed by atoms with van der Waals surface area (Å²) in [4.78, 5) is 23.1. The predicted molar refractivity (Wildman–Crippen MR) is 74.0 cm³/mol. The first-order valence-corrected chi connectivity index (χ1v) is 6.72. The Labute approximate surface area is 125 Å². The summed E-state index contributed by atoms with van der Waals surface area (Å²) in [6.45, 7) is 0.260. The molecule has 0 aliphatic carbocycles. The number of unbranched alkanes of at least 4 members (excludes halogenated alkanes) is 2. The van der Waals surface area contributed by atoms with Crippen molar-refractivity contribution in [1.82, 2.24) is 5.32 Å². The van der Waals surface area contributed by atoms with Crippen molar-refractivity contribution in [3.05, 3.63) is 29.8 Å². The Bertz CT molecular complexity index is 518. The van der Waals surface area contributed by atoms with Gasteiger partial charge in [0.25, 0.3) is 0 Å². The summed E-state index contributed by atoms with van der Waals surface area (Å²) in [6, 6.07) is 4.43. The van der Waals surface area contributed by atoms with Gasteiger partial charge in [-0.3, -0.25) is 9.59 Å². The topological polar surface area (TPSA) is 78.4 Å². The van der Waals surface area contributed by atoms with E-state index in [1.165, 1.54) is 12.1 Å². The second kappa shape index (κ2) is 8.38. The molecule has 1 aromatic carbocycles. The third kappa shape index (κ3) is 5.72. The molecule has 0 aliphatic heterocycles. The van der Waals surface area contributed by atoms with Crippen LogP contribution in [0.15, 0.2) is 24.3 Å². The number of aliphatic hydroxyl groups excluding tert-OH is 1. The predicted octanol–water partition coefficient (Wildman–Crippen LogP) is 1.92. The lowest BCUT2D eigenvalue weighted by molar-refractivity contribution is -0.138. The van der Waals surface area contributed by atoms with Crippen LogP contribution in [0.5, 0.6) is 0 Å². The van der Waals surface area contributed by atoms with Crippen molar-refractivity contribution < 1.29 is 27.9 Å². The molecule has 0 spiro atoms. The van der Waals surface area contributed by atoms with Crippen molar-refractivity contribution in [2.45, 2.75) is 25.4 Å². The van der Waals surface area contributed by atoms with E-state index < -0.39 is 29.2 Å². The van der Waals surface area contributed by atoms with Gasteiger partial charge in [0.05, 0.1) is 11.3 Å². The maximum atomic E-state index is 12.7. The van der Waals surface area contributed by atoms with Gasteiger partial charge in [0.1, 0.15) is 0 Å². The molecule has 2 amide bonds. The van der Waals surface area contributed by atoms with Crippen LogP contribution in [0.4, 0.5) is 18.9 Å². The van der Waals surface area contributed by atoms with Gasteiger partial charge in [-0.1, -0.05) is 12.1 Å². The lowest BCUT2D eigenvalue weighted by Crippen LogP contribution is -2.36. The molecule has 0 fully saturated rings. The Morgan fingerprint density at radius 2 is 1.73 bits per heavy atom. The number of amides is 2. The maximum Gasteiger partial charge on any atom is 0.418 e. The molecule has 0 aromatic heterocycles. The lowest BCUT2D eigenvalue weighted by atomic mass is 10.1. The molecular formula is C14H17F3N2O3.